The van der Waals surface area contributed by atoms with Crippen LogP contribution in [0.4, 0.5) is 4.79 Å². The molecule has 4 nitrogen and oxygen atoms in total. The van der Waals surface area contributed by atoms with E-state index < -0.39 is 23.3 Å². The lowest BCUT2D eigenvalue weighted by atomic mass is 9.88. The van der Waals surface area contributed by atoms with E-state index >= 15 is 0 Å². The normalized spacial score (nSPS) is 13.6. The Morgan fingerprint density at radius 3 is 2.11 bits per heavy atom. The lowest BCUT2D eigenvalue weighted by molar-refractivity contribution is 0.00167. The van der Waals surface area contributed by atoms with E-state index in [1.807, 2.05) is 0 Å². The van der Waals surface area contributed by atoms with E-state index in [1.54, 1.807) is 39.8 Å². The second kappa shape index (κ2) is 6.59. The molecule has 0 bridgehead atoms. The quantitative estimate of drug-likeness (QED) is 0.717. The average Bonchev–Trinajstić information content (AvgIpc) is 2.14. The van der Waals surface area contributed by atoms with Gasteiger partial charge < -0.3 is 15.2 Å². The van der Waals surface area contributed by atoms with Gasteiger partial charge in [0.25, 0.3) is 0 Å². The first-order valence-electron chi connectivity index (χ1n) is 6.08. The lowest BCUT2D eigenvalue weighted by Gasteiger charge is -2.33. The van der Waals surface area contributed by atoms with E-state index in [9.17, 15) is 9.90 Å². The zero-order chi connectivity index (χ0) is 14.4. The zero-order valence-electron chi connectivity index (χ0n) is 11.8. The molecule has 0 rings (SSSR count). The number of hydrogen-bond acceptors (Lipinski definition) is 3. The highest BCUT2D eigenvalue weighted by Crippen LogP contribution is 2.21. The maximum absolute atomic E-state index is 11.6. The molecule has 2 N–H and O–H groups in total. The summed E-state index contributed by atoms with van der Waals surface area (Å²) in [6.45, 7) is 14.3. The van der Waals surface area contributed by atoms with Crippen LogP contribution in [0.15, 0.2) is 25.3 Å². The van der Waals surface area contributed by atoms with Gasteiger partial charge in [0.15, 0.2) is 0 Å². The number of ether oxygens (including phenoxy) is 1. The maximum Gasteiger partial charge on any atom is 0.407 e. The molecule has 0 spiro atoms. The van der Waals surface area contributed by atoms with Crippen molar-refractivity contribution in [2.24, 2.45) is 0 Å². The van der Waals surface area contributed by atoms with Crippen LogP contribution < -0.4 is 5.32 Å². The van der Waals surface area contributed by atoms with Gasteiger partial charge in [0.05, 0.1) is 11.6 Å². The zero-order valence-corrected chi connectivity index (χ0v) is 11.8. The largest absolute Gasteiger partial charge is 0.444 e. The molecular formula is C14H25NO3. The number of amides is 1. The highest BCUT2D eigenvalue weighted by atomic mass is 16.6. The number of rotatable bonds is 6. The van der Waals surface area contributed by atoms with E-state index in [2.05, 4.69) is 18.5 Å². The molecule has 0 aliphatic heterocycles. The molecule has 0 aromatic carbocycles. The number of carbonyl (C=O) groups excluding carboxylic acids is 1. The molecule has 0 aliphatic rings. The van der Waals surface area contributed by atoms with E-state index in [-0.39, 0.29) is 0 Å². The van der Waals surface area contributed by atoms with Crippen molar-refractivity contribution >= 4 is 6.09 Å². The summed E-state index contributed by atoms with van der Waals surface area (Å²) in [7, 11) is 0. The van der Waals surface area contributed by atoms with Gasteiger partial charge in [-0.2, -0.15) is 0 Å². The minimum Gasteiger partial charge on any atom is -0.444 e. The van der Waals surface area contributed by atoms with Crippen LogP contribution in [0.2, 0.25) is 0 Å². The van der Waals surface area contributed by atoms with E-state index in [0.29, 0.717) is 12.8 Å². The third kappa shape index (κ3) is 5.87. The highest BCUT2D eigenvalue weighted by molar-refractivity contribution is 5.68. The molecule has 4 heteroatoms. The van der Waals surface area contributed by atoms with Gasteiger partial charge in [-0.1, -0.05) is 12.2 Å². The molecule has 104 valence electrons. The topological polar surface area (TPSA) is 58.6 Å². The standard InChI is InChI=1S/C14H25NO3/c1-7-9-14(17,10-8-2)11(3)15-12(16)18-13(4,5)6/h7-8,11,17H,1-2,9-10H2,3-6H3,(H,15,16)/t11-/m1/s1. The molecule has 0 aromatic rings. The smallest absolute Gasteiger partial charge is 0.407 e. The molecule has 0 aliphatic carbocycles. The molecule has 0 unspecified atom stereocenters. The van der Waals surface area contributed by atoms with Crippen LogP contribution >= 0.6 is 0 Å². The number of aliphatic hydroxyl groups is 1. The Labute approximate surface area is 110 Å². The molecule has 1 atom stereocenters. The minimum atomic E-state index is -1.08. The number of carbonyl (C=O) groups is 1. The van der Waals surface area contributed by atoms with Crippen molar-refractivity contribution < 1.29 is 14.6 Å². The van der Waals surface area contributed by atoms with Crippen molar-refractivity contribution in [2.75, 3.05) is 0 Å². The predicted octanol–water partition coefficient (Wildman–Crippen LogP) is 2.78. The van der Waals surface area contributed by atoms with Crippen LogP contribution in [0, 0.1) is 0 Å². The third-order valence-electron chi connectivity index (χ3n) is 2.53. The fourth-order valence-corrected chi connectivity index (χ4v) is 1.56. The van der Waals surface area contributed by atoms with Crippen LogP contribution in [0.25, 0.3) is 0 Å². The summed E-state index contributed by atoms with van der Waals surface area (Å²) in [6.07, 6.45) is 3.45. The van der Waals surface area contributed by atoms with Crippen molar-refractivity contribution in [3.8, 4) is 0 Å². The van der Waals surface area contributed by atoms with Gasteiger partial charge in [0, 0.05) is 0 Å². The SMILES string of the molecule is C=CCC(O)(CC=C)[C@@H](C)NC(=O)OC(C)(C)C. The Morgan fingerprint density at radius 2 is 1.78 bits per heavy atom. The fourth-order valence-electron chi connectivity index (χ4n) is 1.56. The summed E-state index contributed by atoms with van der Waals surface area (Å²) in [5, 5.41) is 13.1. The van der Waals surface area contributed by atoms with Crippen LogP contribution in [0.5, 0.6) is 0 Å². The molecule has 0 heterocycles. The van der Waals surface area contributed by atoms with Crippen LogP contribution in [-0.2, 0) is 4.74 Å². The van der Waals surface area contributed by atoms with Crippen molar-refractivity contribution in [2.45, 2.75) is 57.8 Å². The van der Waals surface area contributed by atoms with Crippen LogP contribution in [-0.4, -0.2) is 28.4 Å². The Hall–Kier alpha value is -1.29. The molecule has 18 heavy (non-hydrogen) atoms. The Morgan fingerprint density at radius 1 is 1.33 bits per heavy atom. The molecule has 0 radical (unpaired) electrons. The van der Waals surface area contributed by atoms with Gasteiger partial charge in [-0.15, -0.1) is 13.2 Å². The van der Waals surface area contributed by atoms with Crippen molar-refractivity contribution in [1.82, 2.24) is 5.32 Å². The van der Waals surface area contributed by atoms with Crippen molar-refractivity contribution in [3.63, 3.8) is 0 Å². The number of alkyl carbamates (subject to hydrolysis) is 1. The summed E-state index contributed by atoms with van der Waals surface area (Å²) in [5.74, 6) is 0. The number of nitrogens with one attached hydrogen (secondary N) is 1. The van der Waals surface area contributed by atoms with Gasteiger partial charge >= 0.3 is 6.09 Å². The van der Waals surface area contributed by atoms with Gasteiger partial charge in [-0.05, 0) is 40.5 Å². The van der Waals surface area contributed by atoms with E-state index in [4.69, 9.17) is 4.74 Å². The molecule has 1 amide bonds. The van der Waals surface area contributed by atoms with Gasteiger partial charge in [0.1, 0.15) is 5.60 Å². The summed E-state index contributed by atoms with van der Waals surface area (Å²) >= 11 is 0. The molecule has 0 aromatic heterocycles. The lowest BCUT2D eigenvalue weighted by Crippen LogP contribution is -2.51. The van der Waals surface area contributed by atoms with E-state index in [0.717, 1.165) is 0 Å². The summed E-state index contributed by atoms with van der Waals surface area (Å²) in [4.78, 5) is 11.6. The Balaban J connectivity index is 4.60. The third-order valence-corrected chi connectivity index (χ3v) is 2.53. The monoisotopic (exact) mass is 255 g/mol. The fraction of sp³-hybridized carbons (Fsp3) is 0.643. The van der Waals surface area contributed by atoms with Crippen LogP contribution in [0.3, 0.4) is 0 Å². The van der Waals surface area contributed by atoms with Gasteiger partial charge in [0.2, 0.25) is 0 Å². The van der Waals surface area contributed by atoms with Gasteiger partial charge in [-0.3, -0.25) is 0 Å². The minimum absolute atomic E-state index is 0.371. The van der Waals surface area contributed by atoms with Crippen molar-refractivity contribution in [3.05, 3.63) is 25.3 Å². The second-order valence-corrected chi connectivity index (χ2v) is 5.46. The van der Waals surface area contributed by atoms with E-state index in [1.165, 1.54) is 0 Å². The Bertz CT molecular complexity index is 295. The molecule has 0 saturated carbocycles. The summed E-state index contributed by atoms with van der Waals surface area (Å²) in [5.41, 5.74) is -1.64. The first-order chi connectivity index (χ1) is 8.14. The molecular weight excluding hydrogens is 230 g/mol. The summed E-state index contributed by atoms with van der Waals surface area (Å²) in [6, 6.07) is -0.455. The highest BCUT2D eigenvalue weighted by Gasteiger charge is 2.33. The predicted molar refractivity (Wildman–Crippen MR) is 73.4 cm³/mol. The Kier molecular flexibility index (Phi) is 6.12. The number of hydrogen-bond donors (Lipinski definition) is 2. The van der Waals surface area contributed by atoms with Gasteiger partial charge in [-0.25, -0.2) is 4.79 Å². The maximum atomic E-state index is 11.6. The molecule has 0 saturated heterocycles. The first-order valence-corrected chi connectivity index (χ1v) is 6.08. The van der Waals surface area contributed by atoms with Crippen molar-refractivity contribution in [1.29, 1.82) is 0 Å². The van der Waals surface area contributed by atoms with Crippen LogP contribution in [0.1, 0.15) is 40.5 Å². The average molecular weight is 255 g/mol. The molecule has 0 fully saturated rings. The summed E-state index contributed by atoms with van der Waals surface area (Å²) < 4.78 is 5.15. The second-order valence-electron chi connectivity index (χ2n) is 5.46. The first kappa shape index (κ1) is 16.7.